The molecule has 0 aromatic heterocycles. The molecule has 1 heterocycles. The van der Waals surface area contributed by atoms with Gasteiger partial charge in [-0.25, -0.2) is 0 Å². The molecule has 1 aliphatic heterocycles. The number of nitrogens with zero attached hydrogens (tertiary/aromatic N) is 2. The summed E-state index contributed by atoms with van der Waals surface area (Å²) in [5, 5.41) is 12.0. The zero-order valence-electron chi connectivity index (χ0n) is 32.8. The van der Waals surface area contributed by atoms with E-state index in [1.807, 2.05) is 38.1 Å². The van der Waals surface area contributed by atoms with Crippen LogP contribution in [0.3, 0.4) is 0 Å². The molecule has 7 N–H and O–H groups in total. The number of nitrogens with two attached hydrogens (primary N) is 3. The Morgan fingerprint density at radius 1 is 0.911 bits per heavy atom. The molecular weight excluding hydrogens is 713 g/mol. The first-order valence-electron chi connectivity index (χ1n) is 19.1. The highest BCUT2D eigenvalue weighted by atomic mass is 16.5. The summed E-state index contributed by atoms with van der Waals surface area (Å²) in [6, 6.07) is 15.9. The van der Waals surface area contributed by atoms with Gasteiger partial charge in [0, 0.05) is 74.3 Å². The number of hydrogen-bond donors (Lipinski definition) is 4. The molecule has 2 amide bonds. The molecule has 4 bridgehead atoms. The molecule has 3 aromatic rings. The summed E-state index contributed by atoms with van der Waals surface area (Å²) in [6.45, 7) is 6.34. The third kappa shape index (κ3) is 10.9. The summed E-state index contributed by atoms with van der Waals surface area (Å²) in [6.07, 6.45) is -0.156. The number of nitriles is 1. The van der Waals surface area contributed by atoms with Gasteiger partial charge in [0.1, 0.15) is 30.8 Å². The Kier molecular flexibility index (Phi) is 15.8. The van der Waals surface area contributed by atoms with Gasteiger partial charge in [0.05, 0.1) is 12.1 Å². The summed E-state index contributed by atoms with van der Waals surface area (Å²) in [7, 11) is 1.52. The van der Waals surface area contributed by atoms with Crippen LogP contribution in [0.1, 0.15) is 77.7 Å². The Morgan fingerprint density at radius 3 is 2.20 bits per heavy atom. The van der Waals surface area contributed by atoms with Gasteiger partial charge in [-0.1, -0.05) is 42.8 Å². The van der Waals surface area contributed by atoms with Crippen LogP contribution in [0.4, 0.5) is 0 Å². The highest BCUT2D eigenvalue weighted by molar-refractivity contribution is 6.01. The molecule has 3 aromatic carbocycles. The number of hydrogen-bond acceptors (Lipinski definition) is 11. The number of ether oxygens (including phenoxy) is 2. The van der Waals surface area contributed by atoms with Crippen molar-refractivity contribution in [1.82, 2.24) is 10.2 Å². The van der Waals surface area contributed by atoms with E-state index in [0.29, 0.717) is 39.3 Å². The number of likely N-dealkylation sites (N-methyl/N-ethyl adjacent to an activating group) is 1. The SMILES string of the molecule is Cc1ccc(C(=O)C[C@@H](CCN)C(=O)N(C)[C@@H]2C(=O)C[C@@H](C)C(=O)N[C@H](C(=O)CCC#N)Cc3ccc(OCCN)c(c3)-c3cc2ccc3OCCN)c(C)c1. The quantitative estimate of drug-likeness (QED) is 0.153. The molecule has 0 radical (unpaired) electrons. The zero-order chi connectivity index (χ0) is 40.9. The maximum atomic E-state index is 14.5. The molecule has 0 saturated carbocycles. The lowest BCUT2D eigenvalue weighted by atomic mass is 9.88. The molecule has 298 valence electrons. The Hall–Kier alpha value is -5.42. The van der Waals surface area contributed by atoms with Crippen molar-refractivity contribution in [3.05, 3.63) is 82.4 Å². The standard InChI is InChI=1S/C43H54N6O7/c1-26-7-10-32(27(2)20-26)37(51)25-31(13-15-45)43(54)49(4)41-30-9-12-40(56-19-17-47)34(24-30)33-22-29(8-11-39(33)55-18-16-46)23-35(36(50)6-5-14-44)48-42(53)28(3)21-38(41)52/h7-12,20,22,24,28,31,35,41H,5-6,13,15-19,21,23,25,45-47H2,1-4H3,(H,48,53)/t28-,31-,35+,41+/m1/s1. The Morgan fingerprint density at radius 2 is 1.57 bits per heavy atom. The van der Waals surface area contributed by atoms with Crippen molar-refractivity contribution in [2.45, 2.75) is 71.4 Å². The van der Waals surface area contributed by atoms with Crippen LogP contribution in [0.5, 0.6) is 11.5 Å². The predicted octanol–water partition coefficient (Wildman–Crippen LogP) is 3.89. The fourth-order valence-corrected chi connectivity index (χ4v) is 7.10. The summed E-state index contributed by atoms with van der Waals surface area (Å²) in [4.78, 5) is 71.0. The number of Topliss-reactive ketones (excluding diaryl/α,β-unsaturated/α-hetero) is 3. The normalized spacial score (nSPS) is 17.5. The van der Waals surface area contributed by atoms with Crippen molar-refractivity contribution in [2.24, 2.45) is 29.0 Å². The third-order valence-corrected chi connectivity index (χ3v) is 10.0. The monoisotopic (exact) mass is 766 g/mol. The molecule has 4 atom stereocenters. The number of carbonyl (C=O) groups is 5. The average Bonchev–Trinajstić information content (AvgIpc) is 3.17. The maximum absolute atomic E-state index is 14.5. The molecule has 13 heteroatoms. The molecule has 0 saturated heterocycles. The minimum atomic E-state index is -1.19. The highest BCUT2D eigenvalue weighted by Crippen LogP contribution is 2.41. The smallest absolute Gasteiger partial charge is 0.226 e. The van der Waals surface area contributed by atoms with Crippen LogP contribution >= 0.6 is 0 Å². The summed E-state index contributed by atoms with van der Waals surface area (Å²) < 4.78 is 12.2. The lowest BCUT2D eigenvalue weighted by Crippen LogP contribution is -2.46. The zero-order valence-corrected chi connectivity index (χ0v) is 32.8. The number of amides is 2. The van der Waals surface area contributed by atoms with E-state index in [1.165, 1.54) is 11.9 Å². The Bertz CT molecular complexity index is 1960. The minimum Gasteiger partial charge on any atom is -0.492 e. The van der Waals surface area contributed by atoms with Gasteiger partial charge < -0.3 is 36.9 Å². The molecule has 0 aliphatic carbocycles. The minimum absolute atomic E-state index is 0.0194. The van der Waals surface area contributed by atoms with Gasteiger partial charge in [-0.3, -0.25) is 24.0 Å². The number of nitrogens with one attached hydrogen (secondary N) is 1. The fraction of sp³-hybridized carbons (Fsp3) is 0.442. The highest BCUT2D eigenvalue weighted by Gasteiger charge is 2.36. The van der Waals surface area contributed by atoms with Gasteiger partial charge in [-0.15, -0.1) is 0 Å². The lowest BCUT2D eigenvalue weighted by Gasteiger charge is -2.32. The average molecular weight is 767 g/mol. The van der Waals surface area contributed by atoms with Crippen molar-refractivity contribution in [1.29, 1.82) is 5.26 Å². The van der Waals surface area contributed by atoms with E-state index in [4.69, 9.17) is 26.7 Å². The second kappa shape index (κ2) is 20.5. The number of benzene rings is 3. The number of aryl methyl sites for hydroxylation is 2. The second-order valence-corrected chi connectivity index (χ2v) is 14.4. The number of rotatable bonds is 16. The predicted molar refractivity (Wildman–Crippen MR) is 213 cm³/mol. The van der Waals surface area contributed by atoms with Crippen LogP contribution in [0, 0.1) is 37.0 Å². The van der Waals surface area contributed by atoms with Gasteiger partial charge in [0.2, 0.25) is 11.8 Å². The van der Waals surface area contributed by atoms with Gasteiger partial charge in [-0.2, -0.15) is 5.26 Å². The van der Waals surface area contributed by atoms with Crippen LogP contribution in [0.2, 0.25) is 0 Å². The number of carbonyl (C=O) groups excluding carboxylic acids is 5. The van der Waals surface area contributed by atoms with Crippen LogP contribution < -0.4 is 32.0 Å². The molecule has 4 rings (SSSR count). The largest absolute Gasteiger partial charge is 0.492 e. The maximum Gasteiger partial charge on any atom is 0.226 e. The van der Waals surface area contributed by atoms with Gasteiger partial charge in [0.15, 0.2) is 17.3 Å². The topological polar surface area (TPSA) is 221 Å². The number of ketones is 3. The summed E-state index contributed by atoms with van der Waals surface area (Å²) >= 11 is 0. The molecule has 0 unspecified atom stereocenters. The van der Waals surface area contributed by atoms with Gasteiger partial charge in [0.25, 0.3) is 0 Å². The second-order valence-electron chi connectivity index (χ2n) is 14.4. The van der Waals surface area contributed by atoms with Crippen molar-refractivity contribution < 1.29 is 33.4 Å². The van der Waals surface area contributed by atoms with Crippen LogP contribution in [0.15, 0.2) is 54.6 Å². The van der Waals surface area contributed by atoms with E-state index in [2.05, 4.69) is 5.32 Å². The van der Waals surface area contributed by atoms with Crippen molar-refractivity contribution in [2.75, 3.05) is 39.9 Å². The molecular formula is C43H54N6O7. The van der Waals surface area contributed by atoms with Crippen LogP contribution in [-0.2, 0) is 25.6 Å². The van der Waals surface area contributed by atoms with E-state index < -0.39 is 41.5 Å². The third-order valence-electron chi connectivity index (χ3n) is 10.0. The van der Waals surface area contributed by atoms with Crippen LogP contribution in [-0.4, -0.2) is 80.0 Å². The number of fused-ring (bicyclic) bond motifs is 5. The lowest BCUT2D eigenvalue weighted by molar-refractivity contribution is -0.142. The van der Waals surface area contributed by atoms with E-state index in [-0.39, 0.29) is 82.9 Å². The molecule has 0 spiro atoms. The first kappa shape index (κ1) is 43.3. The van der Waals surface area contributed by atoms with Gasteiger partial charge in [-0.05, 0) is 74.2 Å². The molecule has 56 heavy (non-hydrogen) atoms. The molecule has 1 aliphatic rings. The first-order valence-corrected chi connectivity index (χ1v) is 19.1. The Labute approximate surface area is 328 Å². The van der Waals surface area contributed by atoms with Crippen molar-refractivity contribution >= 4 is 29.2 Å². The summed E-state index contributed by atoms with van der Waals surface area (Å²) in [5.41, 5.74) is 22.2. The van der Waals surface area contributed by atoms with Crippen molar-refractivity contribution in [3.8, 4) is 28.7 Å². The summed E-state index contributed by atoms with van der Waals surface area (Å²) in [5.74, 6) is -2.78. The first-order chi connectivity index (χ1) is 26.8. The molecule has 0 fully saturated rings. The fourth-order valence-electron chi connectivity index (χ4n) is 7.10. The molecule has 13 nitrogen and oxygen atoms in total. The van der Waals surface area contributed by atoms with Gasteiger partial charge >= 0.3 is 0 Å². The van der Waals surface area contributed by atoms with E-state index in [9.17, 15) is 29.2 Å². The van der Waals surface area contributed by atoms with Crippen LogP contribution in [0.25, 0.3) is 11.1 Å². The Balaban J connectivity index is 1.89. The van der Waals surface area contributed by atoms with E-state index in [0.717, 1.165) is 11.1 Å². The van der Waals surface area contributed by atoms with E-state index >= 15 is 0 Å². The van der Waals surface area contributed by atoms with E-state index in [1.54, 1.807) is 43.3 Å². The van der Waals surface area contributed by atoms with Crippen molar-refractivity contribution in [3.63, 3.8) is 0 Å².